The van der Waals surface area contributed by atoms with Crippen molar-refractivity contribution in [1.29, 1.82) is 0 Å². The predicted octanol–water partition coefficient (Wildman–Crippen LogP) is 4.41. The third-order valence-corrected chi connectivity index (χ3v) is 8.40. The van der Waals surface area contributed by atoms with Gasteiger partial charge in [0.2, 0.25) is 12.7 Å². The molecule has 5 aliphatic rings. The third-order valence-electron chi connectivity index (χ3n) is 8.40. The van der Waals surface area contributed by atoms with Crippen LogP contribution < -0.4 is 24.0 Å². The minimum Gasteiger partial charge on any atom is -0.491 e. The molecule has 3 atom stereocenters. The Morgan fingerprint density at radius 1 is 0.882 bits per heavy atom. The number of amides is 1. The number of hydrogen-bond acceptors (Lipinski definition) is 5. The van der Waals surface area contributed by atoms with Crippen molar-refractivity contribution in [2.24, 2.45) is 5.92 Å². The lowest BCUT2D eigenvalue weighted by Crippen LogP contribution is -2.48. The fourth-order valence-corrected chi connectivity index (χ4v) is 6.76. The molecule has 5 heterocycles. The van der Waals surface area contributed by atoms with Crippen LogP contribution in [0.15, 0.2) is 60.7 Å². The molecule has 3 unspecified atom stereocenters. The largest absolute Gasteiger partial charge is 0.491 e. The van der Waals surface area contributed by atoms with E-state index in [1.165, 1.54) is 11.3 Å². The quantitative estimate of drug-likeness (QED) is 0.577. The molecule has 170 valence electrons. The highest BCUT2D eigenvalue weighted by molar-refractivity contribution is 6.11. The number of ether oxygens (including phenoxy) is 3. The van der Waals surface area contributed by atoms with Gasteiger partial charge in [-0.1, -0.05) is 36.4 Å². The SMILES string of the molecule is O=C1N(CC2CCN3c4ccccc4C3C2)c2ccccc2C12COc1cc3c(cc12)OCO3. The molecule has 0 saturated carbocycles. The van der Waals surface area contributed by atoms with E-state index in [2.05, 4.69) is 41.3 Å². The summed E-state index contributed by atoms with van der Waals surface area (Å²) in [6, 6.07) is 21.2. The van der Waals surface area contributed by atoms with Crippen molar-refractivity contribution in [2.75, 3.05) is 36.3 Å². The Hall–Kier alpha value is -3.67. The summed E-state index contributed by atoms with van der Waals surface area (Å²) in [6.07, 6.45) is 2.18. The van der Waals surface area contributed by atoms with Crippen molar-refractivity contribution >= 4 is 17.3 Å². The van der Waals surface area contributed by atoms with E-state index in [4.69, 9.17) is 14.2 Å². The van der Waals surface area contributed by atoms with E-state index in [-0.39, 0.29) is 12.7 Å². The maximum absolute atomic E-state index is 14.2. The summed E-state index contributed by atoms with van der Waals surface area (Å²) in [7, 11) is 0. The van der Waals surface area contributed by atoms with Crippen LogP contribution in [0.4, 0.5) is 11.4 Å². The summed E-state index contributed by atoms with van der Waals surface area (Å²) in [5.41, 5.74) is 4.94. The molecule has 0 radical (unpaired) electrons. The molecule has 6 heteroatoms. The zero-order valence-corrected chi connectivity index (χ0v) is 18.7. The molecule has 0 aliphatic carbocycles. The number of benzene rings is 3. The first-order valence-corrected chi connectivity index (χ1v) is 12.1. The molecule has 1 fully saturated rings. The van der Waals surface area contributed by atoms with Crippen molar-refractivity contribution in [3.8, 4) is 17.2 Å². The van der Waals surface area contributed by atoms with Crippen molar-refractivity contribution in [3.05, 3.63) is 77.4 Å². The molecule has 34 heavy (non-hydrogen) atoms. The molecule has 1 spiro atoms. The normalized spacial score (nSPS) is 27.1. The van der Waals surface area contributed by atoms with Gasteiger partial charge in [-0.15, -0.1) is 0 Å². The number of fused-ring (bicyclic) bond motifs is 9. The summed E-state index contributed by atoms with van der Waals surface area (Å²) in [4.78, 5) is 18.8. The molecular formula is C28H24N2O4. The zero-order valence-electron chi connectivity index (χ0n) is 18.7. The molecule has 1 amide bonds. The molecule has 0 N–H and O–H groups in total. The molecule has 5 aliphatic heterocycles. The van der Waals surface area contributed by atoms with Gasteiger partial charge in [-0.05, 0) is 48.1 Å². The Balaban J connectivity index is 1.15. The molecule has 6 nitrogen and oxygen atoms in total. The van der Waals surface area contributed by atoms with Gasteiger partial charge in [-0.2, -0.15) is 0 Å². The average molecular weight is 453 g/mol. The predicted molar refractivity (Wildman–Crippen MR) is 127 cm³/mol. The number of hydrogen-bond donors (Lipinski definition) is 0. The highest BCUT2D eigenvalue weighted by Crippen LogP contribution is 2.56. The van der Waals surface area contributed by atoms with Gasteiger partial charge in [0, 0.05) is 36.1 Å². The monoisotopic (exact) mass is 452 g/mol. The van der Waals surface area contributed by atoms with E-state index in [1.54, 1.807) is 0 Å². The van der Waals surface area contributed by atoms with Crippen LogP contribution in [0.2, 0.25) is 0 Å². The highest BCUT2D eigenvalue weighted by Gasteiger charge is 2.57. The fraction of sp³-hybridized carbons (Fsp3) is 0.321. The first-order valence-electron chi connectivity index (χ1n) is 12.1. The number of para-hydroxylation sites is 2. The lowest BCUT2D eigenvalue weighted by Gasteiger charge is -2.50. The minimum atomic E-state index is -0.823. The smallest absolute Gasteiger partial charge is 0.245 e. The van der Waals surface area contributed by atoms with Crippen molar-refractivity contribution in [1.82, 2.24) is 0 Å². The van der Waals surface area contributed by atoms with Crippen LogP contribution in [0.25, 0.3) is 0 Å². The Morgan fingerprint density at radius 3 is 2.59 bits per heavy atom. The van der Waals surface area contributed by atoms with Crippen molar-refractivity contribution in [2.45, 2.75) is 24.3 Å². The number of carbonyl (C=O) groups is 1. The topological polar surface area (TPSA) is 51.2 Å². The van der Waals surface area contributed by atoms with Crippen LogP contribution in [0.1, 0.15) is 35.6 Å². The van der Waals surface area contributed by atoms with E-state index < -0.39 is 5.41 Å². The second-order valence-corrected chi connectivity index (χ2v) is 9.99. The van der Waals surface area contributed by atoms with Gasteiger partial charge in [0.05, 0.1) is 6.04 Å². The molecule has 0 aromatic heterocycles. The van der Waals surface area contributed by atoms with Gasteiger partial charge in [0.25, 0.3) is 0 Å². The first kappa shape index (κ1) is 18.7. The van der Waals surface area contributed by atoms with E-state index in [1.807, 2.05) is 29.2 Å². The van der Waals surface area contributed by atoms with E-state index in [0.717, 1.165) is 42.7 Å². The summed E-state index contributed by atoms with van der Waals surface area (Å²) in [6.45, 7) is 2.30. The first-order chi connectivity index (χ1) is 16.7. The maximum Gasteiger partial charge on any atom is 0.245 e. The fourth-order valence-electron chi connectivity index (χ4n) is 6.76. The Labute approximate surface area is 197 Å². The number of piperidine rings is 1. The van der Waals surface area contributed by atoms with Crippen molar-refractivity contribution < 1.29 is 19.0 Å². The number of rotatable bonds is 2. The lowest BCUT2D eigenvalue weighted by atomic mass is 9.77. The zero-order chi connectivity index (χ0) is 22.4. The summed E-state index contributed by atoms with van der Waals surface area (Å²) < 4.78 is 17.3. The molecular weight excluding hydrogens is 428 g/mol. The second kappa shape index (κ2) is 6.47. The van der Waals surface area contributed by atoms with Gasteiger partial charge in [-0.25, -0.2) is 0 Å². The number of nitrogens with zero attached hydrogens (tertiary/aromatic N) is 2. The minimum absolute atomic E-state index is 0.114. The molecule has 8 rings (SSSR count). The van der Waals surface area contributed by atoms with E-state index >= 15 is 0 Å². The molecule has 3 aromatic rings. The summed E-state index contributed by atoms with van der Waals surface area (Å²) in [5.74, 6) is 2.65. The summed E-state index contributed by atoms with van der Waals surface area (Å²) in [5, 5.41) is 0. The molecule has 1 saturated heterocycles. The Bertz CT molecular complexity index is 1370. The standard InChI is InChI=1S/C28H24N2O4/c31-27-28(15-32-24-13-26-25(12-20(24)28)33-16-34-26)19-6-2-4-8-22(19)30(27)14-17-9-10-29-21-7-3-1-5-18(21)23(29)11-17/h1-8,12-13,17,23H,9-11,14-16H2. The Morgan fingerprint density at radius 2 is 1.68 bits per heavy atom. The highest BCUT2D eigenvalue weighted by atomic mass is 16.7. The van der Waals surface area contributed by atoms with Gasteiger partial charge in [-0.3, -0.25) is 4.79 Å². The van der Waals surface area contributed by atoms with Crippen molar-refractivity contribution in [3.63, 3.8) is 0 Å². The van der Waals surface area contributed by atoms with E-state index in [9.17, 15) is 4.79 Å². The molecule has 3 aromatic carbocycles. The average Bonchev–Trinajstić information content (AvgIpc) is 3.54. The lowest BCUT2D eigenvalue weighted by molar-refractivity contribution is -0.122. The second-order valence-electron chi connectivity index (χ2n) is 9.99. The summed E-state index contributed by atoms with van der Waals surface area (Å²) >= 11 is 0. The van der Waals surface area contributed by atoms with Gasteiger partial charge < -0.3 is 24.0 Å². The number of carbonyl (C=O) groups excluding carboxylic acids is 1. The van der Waals surface area contributed by atoms with Gasteiger partial charge in [0.15, 0.2) is 11.5 Å². The van der Waals surface area contributed by atoms with Crippen LogP contribution in [0.3, 0.4) is 0 Å². The number of anilines is 2. The van der Waals surface area contributed by atoms with Crippen LogP contribution in [-0.4, -0.2) is 32.4 Å². The van der Waals surface area contributed by atoms with Crippen LogP contribution in [0, 0.1) is 5.92 Å². The molecule has 0 bridgehead atoms. The van der Waals surface area contributed by atoms with Gasteiger partial charge in [0.1, 0.15) is 17.8 Å². The maximum atomic E-state index is 14.2. The van der Waals surface area contributed by atoms with Crippen LogP contribution in [0.5, 0.6) is 17.2 Å². The van der Waals surface area contributed by atoms with E-state index in [0.29, 0.717) is 35.8 Å². The third kappa shape index (κ3) is 2.23. The Kier molecular flexibility index (Phi) is 3.56. The van der Waals surface area contributed by atoms with Crippen LogP contribution >= 0.6 is 0 Å². The van der Waals surface area contributed by atoms with Crippen LogP contribution in [-0.2, 0) is 10.2 Å². The van der Waals surface area contributed by atoms with Gasteiger partial charge >= 0.3 is 0 Å².